The van der Waals surface area contributed by atoms with Crippen molar-refractivity contribution in [3.05, 3.63) is 17.6 Å². The van der Waals surface area contributed by atoms with Crippen molar-refractivity contribution in [2.75, 3.05) is 5.32 Å². The third kappa shape index (κ3) is 3.18. The quantitative estimate of drug-likeness (QED) is 0.866. The van der Waals surface area contributed by atoms with E-state index in [0.717, 1.165) is 29.7 Å². The predicted octanol–water partition coefficient (Wildman–Crippen LogP) is 3.34. The number of aromatic nitrogens is 2. The van der Waals surface area contributed by atoms with Gasteiger partial charge in [-0.1, -0.05) is 19.8 Å². The third-order valence-corrected chi connectivity index (χ3v) is 3.70. The molecule has 1 atom stereocenters. The lowest BCUT2D eigenvalue weighted by molar-refractivity contribution is 0.481. The molecule has 17 heavy (non-hydrogen) atoms. The van der Waals surface area contributed by atoms with E-state index in [0.29, 0.717) is 6.04 Å². The minimum atomic E-state index is 0.525. The van der Waals surface area contributed by atoms with Gasteiger partial charge in [-0.05, 0) is 32.6 Å². The van der Waals surface area contributed by atoms with E-state index in [9.17, 15) is 0 Å². The molecule has 1 aromatic rings. The minimum Gasteiger partial charge on any atom is -0.367 e. The van der Waals surface area contributed by atoms with Crippen molar-refractivity contribution in [1.29, 1.82) is 0 Å². The van der Waals surface area contributed by atoms with Gasteiger partial charge in [-0.2, -0.15) is 0 Å². The van der Waals surface area contributed by atoms with E-state index in [2.05, 4.69) is 29.1 Å². The molecule has 1 aliphatic carbocycles. The normalized spacial score (nSPS) is 18.3. The van der Waals surface area contributed by atoms with E-state index < -0.39 is 0 Å². The topological polar surface area (TPSA) is 37.8 Å². The Hall–Kier alpha value is -1.12. The highest BCUT2D eigenvalue weighted by Gasteiger charge is 2.21. The lowest BCUT2D eigenvalue weighted by Gasteiger charge is -2.21. The summed E-state index contributed by atoms with van der Waals surface area (Å²) in [7, 11) is 0. The van der Waals surface area contributed by atoms with Gasteiger partial charge >= 0.3 is 0 Å². The molecule has 1 N–H and O–H groups in total. The van der Waals surface area contributed by atoms with E-state index in [1.54, 1.807) is 0 Å². The maximum atomic E-state index is 4.54. The number of aryl methyl sites for hydroxylation is 2. The molecule has 0 bridgehead atoms. The van der Waals surface area contributed by atoms with Crippen LogP contribution in [-0.4, -0.2) is 16.0 Å². The number of nitrogens with one attached hydrogen (secondary N) is 1. The zero-order valence-electron chi connectivity index (χ0n) is 11.2. The molecule has 3 heteroatoms. The Labute approximate surface area is 104 Å². The van der Waals surface area contributed by atoms with Crippen LogP contribution in [0.4, 0.5) is 5.82 Å². The van der Waals surface area contributed by atoms with Crippen LogP contribution >= 0.6 is 0 Å². The van der Waals surface area contributed by atoms with Crippen LogP contribution in [0.5, 0.6) is 0 Å². The smallest absolute Gasteiger partial charge is 0.130 e. The highest BCUT2D eigenvalue weighted by atomic mass is 15.0. The van der Waals surface area contributed by atoms with E-state index >= 15 is 0 Å². The largest absolute Gasteiger partial charge is 0.367 e. The second-order valence-corrected chi connectivity index (χ2v) is 5.14. The molecule has 1 unspecified atom stereocenters. The first-order chi connectivity index (χ1) is 8.19. The van der Waals surface area contributed by atoms with Crippen molar-refractivity contribution in [2.45, 2.75) is 58.9 Å². The van der Waals surface area contributed by atoms with Gasteiger partial charge in [0, 0.05) is 24.2 Å². The molecule has 1 aliphatic rings. The van der Waals surface area contributed by atoms with E-state index in [1.165, 1.54) is 25.7 Å². The molecule has 1 saturated carbocycles. The summed E-state index contributed by atoms with van der Waals surface area (Å²) in [6.07, 6.45) is 6.39. The second-order valence-electron chi connectivity index (χ2n) is 5.14. The summed E-state index contributed by atoms with van der Waals surface area (Å²) in [5.41, 5.74) is 1.05. The van der Waals surface area contributed by atoms with Crippen LogP contribution in [0.25, 0.3) is 0 Å². The monoisotopic (exact) mass is 233 g/mol. The van der Waals surface area contributed by atoms with Gasteiger partial charge in [-0.15, -0.1) is 0 Å². The van der Waals surface area contributed by atoms with Gasteiger partial charge in [-0.25, -0.2) is 9.97 Å². The van der Waals surface area contributed by atoms with E-state index in [1.807, 2.05) is 13.0 Å². The zero-order valence-corrected chi connectivity index (χ0v) is 11.2. The highest BCUT2D eigenvalue weighted by molar-refractivity contribution is 5.37. The van der Waals surface area contributed by atoms with Gasteiger partial charge in [0.15, 0.2) is 0 Å². The number of rotatable bonds is 4. The van der Waals surface area contributed by atoms with Crippen LogP contribution in [0.2, 0.25) is 0 Å². The Morgan fingerprint density at radius 1 is 1.35 bits per heavy atom. The predicted molar refractivity (Wildman–Crippen MR) is 71.2 cm³/mol. The maximum absolute atomic E-state index is 4.54. The molecule has 94 valence electrons. The van der Waals surface area contributed by atoms with Gasteiger partial charge < -0.3 is 5.32 Å². The first-order valence-electron chi connectivity index (χ1n) is 6.80. The Bertz CT molecular complexity index is 370. The first kappa shape index (κ1) is 12.3. The average Bonchev–Trinajstić information content (AvgIpc) is 2.81. The zero-order chi connectivity index (χ0) is 12.3. The second kappa shape index (κ2) is 5.48. The fourth-order valence-corrected chi connectivity index (χ4v) is 2.67. The van der Waals surface area contributed by atoms with Gasteiger partial charge in [-0.3, -0.25) is 0 Å². The Morgan fingerprint density at radius 2 is 2.06 bits per heavy atom. The number of anilines is 1. The molecule has 2 rings (SSSR count). The average molecular weight is 233 g/mol. The summed E-state index contributed by atoms with van der Waals surface area (Å²) in [6.45, 7) is 6.41. The van der Waals surface area contributed by atoms with Crippen molar-refractivity contribution in [3.8, 4) is 0 Å². The van der Waals surface area contributed by atoms with Crippen molar-refractivity contribution < 1.29 is 0 Å². The summed E-state index contributed by atoms with van der Waals surface area (Å²) < 4.78 is 0. The summed E-state index contributed by atoms with van der Waals surface area (Å²) in [6, 6.07) is 2.57. The molecule has 1 aromatic heterocycles. The van der Waals surface area contributed by atoms with Crippen molar-refractivity contribution in [2.24, 2.45) is 5.92 Å². The van der Waals surface area contributed by atoms with Crippen LogP contribution in [0.1, 0.15) is 51.0 Å². The molecular weight excluding hydrogens is 210 g/mol. The number of hydrogen-bond acceptors (Lipinski definition) is 3. The maximum Gasteiger partial charge on any atom is 0.130 e. The summed E-state index contributed by atoms with van der Waals surface area (Å²) in [4.78, 5) is 8.95. The fraction of sp³-hybridized carbons (Fsp3) is 0.714. The Balaban J connectivity index is 2.04. The Kier molecular flexibility index (Phi) is 3.97. The number of hydrogen-bond donors (Lipinski definition) is 1. The van der Waals surface area contributed by atoms with Gasteiger partial charge in [0.1, 0.15) is 11.6 Å². The van der Waals surface area contributed by atoms with Gasteiger partial charge in [0.25, 0.3) is 0 Å². The van der Waals surface area contributed by atoms with Crippen molar-refractivity contribution in [3.63, 3.8) is 0 Å². The van der Waals surface area contributed by atoms with E-state index in [-0.39, 0.29) is 0 Å². The van der Waals surface area contributed by atoms with E-state index in [4.69, 9.17) is 0 Å². The van der Waals surface area contributed by atoms with Crippen LogP contribution in [0.15, 0.2) is 6.07 Å². The third-order valence-electron chi connectivity index (χ3n) is 3.70. The lowest BCUT2D eigenvalue weighted by atomic mass is 10.00. The molecule has 3 nitrogen and oxygen atoms in total. The summed E-state index contributed by atoms with van der Waals surface area (Å²) >= 11 is 0. The van der Waals surface area contributed by atoms with Crippen LogP contribution in [-0.2, 0) is 6.42 Å². The van der Waals surface area contributed by atoms with Crippen molar-refractivity contribution in [1.82, 2.24) is 9.97 Å². The van der Waals surface area contributed by atoms with Crippen LogP contribution in [0, 0.1) is 12.8 Å². The molecule has 0 radical (unpaired) electrons. The van der Waals surface area contributed by atoms with Crippen LogP contribution in [0.3, 0.4) is 0 Å². The lowest BCUT2D eigenvalue weighted by Crippen LogP contribution is -2.24. The standard InChI is InChI=1S/C14H23N3/c1-4-13-15-10(2)9-14(17-13)16-11(3)12-7-5-6-8-12/h9,11-12H,4-8H2,1-3H3,(H,15,16,17). The fourth-order valence-electron chi connectivity index (χ4n) is 2.67. The molecule has 1 heterocycles. The van der Waals surface area contributed by atoms with Crippen molar-refractivity contribution >= 4 is 5.82 Å². The summed E-state index contributed by atoms with van der Waals surface area (Å²) in [5.74, 6) is 2.75. The molecule has 0 spiro atoms. The molecule has 0 saturated heterocycles. The summed E-state index contributed by atoms with van der Waals surface area (Å²) in [5, 5.41) is 3.55. The SMILES string of the molecule is CCc1nc(C)cc(NC(C)C2CCCC2)n1. The molecule has 0 aliphatic heterocycles. The van der Waals surface area contributed by atoms with Gasteiger partial charge in [0.05, 0.1) is 0 Å². The molecule has 0 amide bonds. The molecule has 0 aromatic carbocycles. The Morgan fingerprint density at radius 3 is 2.71 bits per heavy atom. The molecular formula is C14H23N3. The molecule has 1 fully saturated rings. The number of nitrogens with zero attached hydrogens (tertiary/aromatic N) is 2. The van der Waals surface area contributed by atoms with Gasteiger partial charge in [0.2, 0.25) is 0 Å². The first-order valence-corrected chi connectivity index (χ1v) is 6.80. The highest BCUT2D eigenvalue weighted by Crippen LogP contribution is 2.28. The minimum absolute atomic E-state index is 0.525. The van der Waals surface area contributed by atoms with Crippen LogP contribution < -0.4 is 5.32 Å².